The van der Waals surface area contributed by atoms with Crippen LogP contribution in [0.1, 0.15) is 19.8 Å². The lowest BCUT2D eigenvalue weighted by Crippen LogP contribution is -3.12. The first-order chi connectivity index (χ1) is 12.1. The highest BCUT2D eigenvalue weighted by Gasteiger charge is 2.28. The monoisotopic (exact) mass is 382 g/mol. The van der Waals surface area contributed by atoms with Crippen LogP contribution in [-0.4, -0.2) is 35.4 Å². The third kappa shape index (κ3) is 4.48. The molecule has 3 rings (SSSR count). The predicted molar refractivity (Wildman–Crippen MR) is 95.8 cm³/mol. The van der Waals surface area contributed by atoms with Gasteiger partial charge in [0.05, 0.1) is 25.6 Å². The van der Waals surface area contributed by atoms with Gasteiger partial charge in [0.1, 0.15) is 0 Å². The Morgan fingerprint density at radius 1 is 1.48 bits per heavy atom. The second-order valence-corrected chi connectivity index (χ2v) is 6.90. The number of carbonyl (C=O) groups is 1. The lowest BCUT2D eigenvalue weighted by atomic mass is 9.97. The van der Waals surface area contributed by atoms with Crippen LogP contribution in [-0.2, 0) is 16.2 Å². The second kappa shape index (κ2) is 8.12. The summed E-state index contributed by atoms with van der Waals surface area (Å²) in [6.07, 6.45) is 1.64. The summed E-state index contributed by atoms with van der Waals surface area (Å²) in [6, 6.07) is 7.33. The number of aromatic nitrogens is 2. The molecule has 1 aromatic carbocycles. The molecule has 0 amide bonds. The molecule has 1 aliphatic rings. The number of hydrogen-bond acceptors (Lipinski definition) is 5. The van der Waals surface area contributed by atoms with E-state index in [2.05, 4.69) is 5.10 Å². The van der Waals surface area contributed by atoms with Crippen LogP contribution in [0.25, 0.3) is 11.5 Å². The molecule has 0 spiro atoms. The fourth-order valence-electron chi connectivity index (χ4n) is 3.04. The molecule has 0 unspecified atom stereocenters. The number of rotatable bonds is 5. The smallest absolute Gasteiger partial charge is 0.309 e. The average Bonchev–Trinajstić information content (AvgIpc) is 2.96. The summed E-state index contributed by atoms with van der Waals surface area (Å²) < 4.78 is 12.4. The van der Waals surface area contributed by atoms with Gasteiger partial charge in [0, 0.05) is 23.4 Å². The summed E-state index contributed by atoms with van der Waals surface area (Å²) in [7, 11) is 0. The fraction of sp³-hybridized carbons (Fsp3) is 0.471. The summed E-state index contributed by atoms with van der Waals surface area (Å²) in [5.74, 6) is 0.396. The Balaban J connectivity index is 1.63. The molecular weight excluding hydrogens is 362 g/mol. The van der Waals surface area contributed by atoms with Crippen LogP contribution in [0.3, 0.4) is 0 Å². The number of hydrogen-bond donors (Lipinski definition) is 1. The number of benzene rings is 1. The maximum Gasteiger partial charge on any atom is 0.309 e. The lowest BCUT2D eigenvalue weighted by Gasteiger charge is -2.27. The van der Waals surface area contributed by atoms with E-state index in [9.17, 15) is 4.79 Å². The van der Waals surface area contributed by atoms with E-state index in [-0.39, 0.29) is 11.9 Å². The number of nitrogens with zero attached hydrogens (tertiary/aromatic N) is 2. The average molecular weight is 383 g/mol. The third-order valence-corrected chi connectivity index (χ3v) is 4.89. The molecular formula is C17H21ClN3O3S+. The Bertz CT molecular complexity index is 796. The number of nitrogens with one attached hydrogen (secondary N) is 1. The Hall–Kier alpha value is -1.70. The zero-order chi connectivity index (χ0) is 17.8. The Labute approximate surface area is 156 Å². The number of quaternary nitrogens is 1. The summed E-state index contributed by atoms with van der Waals surface area (Å²) in [5, 5.41) is 5.10. The van der Waals surface area contributed by atoms with Crippen LogP contribution in [0, 0.1) is 10.8 Å². The SMILES string of the molecule is CCOC(=O)C1CC[NH+](Cn2nc(-c3cccc(Cl)c3)oc2=S)CC1. The molecule has 0 bridgehead atoms. The van der Waals surface area contributed by atoms with Gasteiger partial charge in [0.15, 0.2) is 6.67 Å². The Kier molecular flexibility index (Phi) is 5.88. The number of halogens is 1. The van der Waals surface area contributed by atoms with Crippen molar-refractivity contribution in [1.29, 1.82) is 0 Å². The molecule has 2 heterocycles. The lowest BCUT2D eigenvalue weighted by molar-refractivity contribution is -0.929. The minimum absolute atomic E-state index is 0.0102. The first kappa shape index (κ1) is 18.1. The maximum absolute atomic E-state index is 11.8. The van der Waals surface area contributed by atoms with Crippen LogP contribution in [0.2, 0.25) is 5.02 Å². The van der Waals surface area contributed by atoms with Crippen molar-refractivity contribution in [1.82, 2.24) is 9.78 Å². The van der Waals surface area contributed by atoms with Crippen molar-refractivity contribution in [2.45, 2.75) is 26.4 Å². The van der Waals surface area contributed by atoms with Crippen molar-refractivity contribution in [2.75, 3.05) is 19.7 Å². The minimum atomic E-state index is -0.0807. The molecule has 1 aromatic heterocycles. The van der Waals surface area contributed by atoms with Gasteiger partial charge >= 0.3 is 5.97 Å². The minimum Gasteiger partial charge on any atom is -0.466 e. The molecule has 6 nitrogen and oxygen atoms in total. The summed E-state index contributed by atoms with van der Waals surface area (Å²) in [5.41, 5.74) is 0.799. The molecule has 0 aliphatic carbocycles. The molecule has 1 N–H and O–H groups in total. The summed E-state index contributed by atoms with van der Waals surface area (Å²) in [4.78, 5) is 13.5. The van der Waals surface area contributed by atoms with Gasteiger partial charge in [0.25, 0.3) is 4.84 Å². The van der Waals surface area contributed by atoms with Crippen LogP contribution in [0.15, 0.2) is 28.7 Å². The van der Waals surface area contributed by atoms with Crippen LogP contribution in [0.4, 0.5) is 0 Å². The molecule has 0 saturated carbocycles. The third-order valence-electron chi connectivity index (χ3n) is 4.36. The largest absolute Gasteiger partial charge is 0.466 e. The zero-order valence-corrected chi connectivity index (χ0v) is 15.6. The molecule has 25 heavy (non-hydrogen) atoms. The van der Waals surface area contributed by atoms with Gasteiger partial charge in [-0.15, -0.1) is 5.10 Å². The number of ether oxygens (including phenoxy) is 1. The summed E-state index contributed by atoms with van der Waals surface area (Å²) >= 11 is 11.3. The van der Waals surface area contributed by atoms with Gasteiger partial charge in [-0.3, -0.25) is 4.79 Å². The van der Waals surface area contributed by atoms with Gasteiger partial charge in [-0.05, 0) is 37.3 Å². The van der Waals surface area contributed by atoms with E-state index < -0.39 is 0 Å². The molecule has 8 heteroatoms. The molecule has 2 aromatic rings. The molecule has 1 fully saturated rings. The second-order valence-electron chi connectivity index (χ2n) is 6.12. The van der Waals surface area contributed by atoms with Crippen LogP contribution in [0.5, 0.6) is 0 Å². The molecule has 1 aliphatic heterocycles. The van der Waals surface area contributed by atoms with Crippen molar-refractivity contribution < 1.29 is 18.8 Å². The first-order valence-electron chi connectivity index (χ1n) is 8.41. The van der Waals surface area contributed by atoms with E-state index >= 15 is 0 Å². The van der Waals surface area contributed by atoms with Crippen molar-refractivity contribution in [2.24, 2.45) is 5.92 Å². The summed E-state index contributed by atoms with van der Waals surface area (Å²) in [6.45, 7) is 4.65. The van der Waals surface area contributed by atoms with E-state index in [1.54, 1.807) is 16.8 Å². The molecule has 0 atom stereocenters. The Morgan fingerprint density at radius 2 is 2.24 bits per heavy atom. The van der Waals surface area contributed by atoms with Gasteiger partial charge in [-0.1, -0.05) is 17.7 Å². The molecule has 0 radical (unpaired) electrons. The van der Waals surface area contributed by atoms with E-state index in [1.807, 2.05) is 19.1 Å². The van der Waals surface area contributed by atoms with Crippen molar-refractivity contribution >= 4 is 29.8 Å². The van der Waals surface area contributed by atoms with Crippen LogP contribution < -0.4 is 4.90 Å². The number of piperidine rings is 1. The topological polar surface area (TPSA) is 61.7 Å². The van der Waals surface area contributed by atoms with Crippen molar-refractivity contribution in [3.8, 4) is 11.5 Å². The van der Waals surface area contributed by atoms with Crippen LogP contribution >= 0.6 is 23.8 Å². The highest BCUT2D eigenvalue weighted by molar-refractivity contribution is 7.71. The number of esters is 1. The van der Waals surface area contributed by atoms with Crippen molar-refractivity contribution in [3.05, 3.63) is 34.1 Å². The predicted octanol–water partition coefficient (Wildman–Crippen LogP) is 2.34. The fourth-order valence-corrected chi connectivity index (χ4v) is 3.41. The molecule has 134 valence electrons. The zero-order valence-electron chi connectivity index (χ0n) is 14.0. The highest BCUT2D eigenvalue weighted by atomic mass is 35.5. The van der Waals surface area contributed by atoms with Crippen molar-refractivity contribution in [3.63, 3.8) is 0 Å². The number of carbonyl (C=O) groups excluding carboxylic acids is 1. The first-order valence-corrected chi connectivity index (χ1v) is 9.19. The van der Waals surface area contributed by atoms with E-state index in [0.717, 1.165) is 31.5 Å². The Morgan fingerprint density at radius 3 is 2.92 bits per heavy atom. The van der Waals surface area contributed by atoms with E-state index in [4.69, 9.17) is 33.0 Å². The quantitative estimate of drug-likeness (QED) is 0.635. The standard InChI is InChI=1S/C17H20ClN3O3S/c1-2-23-16(22)12-6-8-20(9-7-12)11-21-17(25)24-15(19-21)13-4-3-5-14(18)10-13/h3-5,10,12H,2,6-9,11H2,1H3/p+1. The normalized spacial score (nSPS) is 20.4. The molecule has 1 saturated heterocycles. The van der Waals surface area contributed by atoms with Gasteiger partial charge < -0.3 is 14.1 Å². The van der Waals surface area contributed by atoms with Gasteiger partial charge in [-0.25, -0.2) is 0 Å². The highest BCUT2D eigenvalue weighted by Crippen LogP contribution is 2.21. The van der Waals surface area contributed by atoms with E-state index in [0.29, 0.717) is 29.0 Å². The number of likely N-dealkylation sites (tertiary alicyclic amines) is 1. The maximum atomic E-state index is 11.8. The van der Waals surface area contributed by atoms with E-state index in [1.165, 1.54) is 4.90 Å². The van der Waals surface area contributed by atoms with Gasteiger partial charge in [0.2, 0.25) is 5.89 Å². The van der Waals surface area contributed by atoms with Gasteiger partial charge in [-0.2, -0.15) is 4.68 Å².